The predicted molar refractivity (Wildman–Crippen MR) is 40.9 cm³/mol. The fourth-order valence-corrected chi connectivity index (χ4v) is 1.04. The molecule has 0 aliphatic carbocycles. The molecule has 1 radical (unpaired) electrons. The lowest BCUT2D eigenvalue weighted by atomic mass is 9.88. The van der Waals surface area contributed by atoms with Gasteiger partial charge in [-0.05, 0) is 12.3 Å². The van der Waals surface area contributed by atoms with Gasteiger partial charge in [-0.25, -0.2) is 0 Å². The third-order valence-corrected chi connectivity index (χ3v) is 1.52. The van der Waals surface area contributed by atoms with Crippen LogP contribution in [0.1, 0.15) is 32.0 Å². The third kappa shape index (κ3) is 1.20. The van der Waals surface area contributed by atoms with Gasteiger partial charge in [-0.3, -0.25) is 5.10 Å². The van der Waals surface area contributed by atoms with Gasteiger partial charge in [-0.2, -0.15) is 5.10 Å². The Kier molecular flexibility index (Phi) is 1.55. The van der Waals surface area contributed by atoms with E-state index in [0.29, 0.717) is 0 Å². The molecule has 1 heterocycles. The molecule has 1 aromatic rings. The summed E-state index contributed by atoms with van der Waals surface area (Å²) in [5, 5.41) is 6.71. The summed E-state index contributed by atoms with van der Waals surface area (Å²) >= 11 is 0. The highest BCUT2D eigenvalue weighted by Gasteiger charge is 2.17. The standard InChI is InChI=1S/C8H13N2/c1-6-7(5-9-10-6)8(2,3)4/h1-4H3,(H,9,10). The van der Waals surface area contributed by atoms with Crippen molar-refractivity contribution in [1.82, 2.24) is 10.2 Å². The van der Waals surface area contributed by atoms with Crippen LogP contribution in [0.2, 0.25) is 0 Å². The maximum atomic E-state index is 3.84. The Balaban J connectivity index is 3.05. The molecule has 2 nitrogen and oxygen atoms in total. The van der Waals surface area contributed by atoms with E-state index < -0.39 is 0 Å². The average molecular weight is 137 g/mol. The van der Waals surface area contributed by atoms with Crippen molar-refractivity contribution >= 4 is 0 Å². The molecule has 0 saturated heterocycles. The third-order valence-electron chi connectivity index (χ3n) is 1.52. The second-order valence-corrected chi connectivity index (χ2v) is 3.59. The van der Waals surface area contributed by atoms with Crippen LogP contribution in [0.3, 0.4) is 0 Å². The monoisotopic (exact) mass is 137 g/mol. The Morgan fingerprint density at radius 3 is 2.20 bits per heavy atom. The molecule has 0 unspecified atom stereocenters. The lowest BCUT2D eigenvalue weighted by Crippen LogP contribution is -2.11. The summed E-state index contributed by atoms with van der Waals surface area (Å²) in [6.45, 7) is 8.48. The van der Waals surface area contributed by atoms with Gasteiger partial charge in [0.1, 0.15) is 6.20 Å². The fraction of sp³-hybridized carbons (Fsp3) is 0.625. The van der Waals surface area contributed by atoms with E-state index in [-0.39, 0.29) is 5.41 Å². The summed E-state index contributed by atoms with van der Waals surface area (Å²) in [6.07, 6.45) is 2.94. The molecule has 10 heavy (non-hydrogen) atoms. The zero-order valence-corrected chi connectivity index (χ0v) is 6.95. The maximum absolute atomic E-state index is 3.84. The van der Waals surface area contributed by atoms with Crippen LogP contribution >= 0.6 is 0 Å². The van der Waals surface area contributed by atoms with E-state index in [1.807, 2.05) is 6.92 Å². The number of aromatic amines is 1. The van der Waals surface area contributed by atoms with Crippen molar-refractivity contribution in [2.45, 2.75) is 33.1 Å². The van der Waals surface area contributed by atoms with Crippen molar-refractivity contribution in [2.24, 2.45) is 0 Å². The number of rotatable bonds is 0. The van der Waals surface area contributed by atoms with E-state index in [1.54, 1.807) is 0 Å². The molecule has 0 aliphatic heterocycles. The topological polar surface area (TPSA) is 28.7 Å². The van der Waals surface area contributed by atoms with Gasteiger partial charge in [0.05, 0.1) is 0 Å². The Bertz CT molecular complexity index is 217. The van der Waals surface area contributed by atoms with E-state index in [4.69, 9.17) is 0 Å². The van der Waals surface area contributed by atoms with Gasteiger partial charge in [0.2, 0.25) is 0 Å². The first-order valence-corrected chi connectivity index (χ1v) is 3.45. The minimum Gasteiger partial charge on any atom is -0.282 e. The van der Waals surface area contributed by atoms with Crippen LogP contribution in [-0.2, 0) is 5.41 Å². The Morgan fingerprint density at radius 1 is 1.40 bits per heavy atom. The first-order valence-electron chi connectivity index (χ1n) is 3.45. The van der Waals surface area contributed by atoms with Gasteiger partial charge in [0.25, 0.3) is 0 Å². The maximum Gasteiger partial charge on any atom is 0.117 e. The van der Waals surface area contributed by atoms with E-state index in [9.17, 15) is 0 Å². The number of nitrogens with one attached hydrogen (secondary N) is 1. The van der Waals surface area contributed by atoms with E-state index >= 15 is 0 Å². The molecule has 0 spiro atoms. The smallest absolute Gasteiger partial charge is 0.117 e. The first kappa shape index (κ1) is 7.32. The molecule has 0 fully saturated rings. The summed E-state index contributed by atoms with van der Waals surface area (Å²) in [7, 11) is 0. The SMILES string of the molecule is Cc1[nH]n[c]c1C(C)(C)C. The molecule has 1 N–H and O–H groups in total. The van der Waals surface area contributed by atoms with Gasteiger partial charge >= 0.3 is 0 Å². The summed E-state index contributed by atoms with van der Waals surface area (Å²) in [5.41, 5.74) is 2.46. The minimum absolute atomic E-state index is 0.164. The molecular formula is C8H13N2. The van der Waals surface area contributed by atoms with E-state index in [0.717, 1.165) is 5.69 Å². The van der Waals surface area contributed by atoms with Crippen LogP contribution in [0.5, 0.6) is 0 Å². The van der Waals surface area contributed by atoms with Crippen molar-refractivity contribution in [3.8, 4) is 0 Å². The van der Waals surface area contributed by atoms with E-state index in [1.165, 1.54) is 5.56 Å². The number of nitrogens with zero attached hydrogens (tertiary/aromatic N) is 1. The van der Waals surface area contributed by atoms with Gasteiger partial charge in [-0.1, -0.05) is 20.8 Å². The molecule has 0 atom stereocenters. The van der Waals surface area contributed by atoms with Crippen LogP contribution in [0, 0.1) is 13.1 Å². The molecule has 0 amide bonds. The lowest BCUT2D eigenvalue weighted by Gasteiger charge is -2.16. The van der Waals surface area contributed by atoms with E-state index in [2.05, 4.69) is 37.2 Å². The molecule has 2 heteroatoms. The average Bonchev–Trinajstić information content (AvgIpc) is 2.11. The van der Waals surface area contributed by atoms with Crippen LogP contribution in [0.25, 0.3) is 0 Å². The normalized spacial score (nSPS) is 12.0. The molecular weight excluding hydrogens is 124 g/mol. The molecule has 1 rings (SSSR count). The van der Waals surface area contributed by atoms with Crippen LogP contribution in [0.4, 0.5) is 0 Å². The predicted octanol–water partition coefficient (Wildman–Crippen LogP) is 1.82. The lowest BCUT2D eigenvalue weighted by molar-refractivity contribution is 0.585. The number of hydrogen-bond donors (Lipinski definition) is 1. The molecule has 0 aliphatic rings. The van der Waals surface area contributed by atoms with Crippen LogP contribution in [0.15, 0.2) is 0 Å². The highest BCUT2D eigenvalue weighted by molar-refractivity contribution is 5.21. The molecule has 55 valence electrons. The first-order chi connectivity index (χ1) is 4.52. The van der Waals surface area contributed by atoms with Gasteiger partial charge < -0.3 is 0 Å². The van der Waals surface area contributed by atoms with Gasteiger partial charge in [0.15, 0.2) is 0 Å². The van der Waals surface area contributed by atoms with Crippen molar-refractivity contribution in [3.05, 3.63) is 17.5 Å². The molecule has 0 saturated carbocycles. The largest absolute Gasteiger partial charge is 0.282 e. The van der Waals surface area contributed by atoms with Crippen molar-refractivity contribution in [1.29, 1.82) is 0 Å². The summed E-state index contributed by atoms with van der Waals surface area (Å²) in [4.78, 5) is 0. The van der Waals surface area contributed by atoms with Gasteiger partial charge in [0, 0.05) is 11.3 Å². The quantitative estimate of drug-likeness (QED) is 0.580. The van der Waals surface area contributed by atoms with Crippen molar-refractivity contribution in [3.63, 3.8) is 0 Å². The molecule has 1 aromatic heterocycles. The number of H-pyrrole nitrogens is 1. The highest BCUT2D eigenvalue weighted by Crippen LogP contribution is 2.22. The molecule has 0 aromatic carbocycles. The number of aryl methyl sites for hydroxylation is 1. The summed E-state index contributed by atoms with van der Waals surface area (Å²) in [6, 6.07) is 0. The van der Waals surface area contributed by atoms with Gasteiger partial charge in [-0.15, -0.1) is 0 Å². The van der Waals surface area contributed by atoms with Crippen molar-refractivity contribution in [2.75, 3.05) is 0 Å². The Labute approximate surface area is 61.7 Å². The zero-order valence-electron chi connectivity index (χ0n) is 6.95. The Morgan fingerprint density at radius 2 is 2.00 bits per heavy atom. The fourth-order valence-electron chi connectivity index (χ4n) is 1.04. The zero-order chi connectivity index (χ0) is 7.78. The Hall–Kier alpha value is -0.790. The number of hydrogen-bond acceptors (Lipinski definition) is 1. The minimum atomic E-state index is 0.164. The number of aromatic nitrogens is 2. The van der Waals surface area contributed by atoms with Crippen LogP contribution in [-0.4, -0.2) is 10.2 Å². The highest BCUT2D eigenvalue weighted by atomic mass is 15.1. The second-order valence-electron chi connectivity index (χ2n) is 3.59. The summed E-state index contributed by atoms with van der Waals surface area (Å²) < 4.78 is 0. The summed E-state index contributed by atoms with van der Waals surface area (Å²) in [5.74, 6) is 0. The second kappa shape index (κ2) is 2.11. The van der Waals surface area contributed by atoms with Crippen LogP contribution < -0.4 is 0 Å². The molecule has 0 bridgehead atoms. The van der Waals surface area contributed by atoms with Crippen molar-refractivity contribution < 1.29 is 0 Å².